The number of aliphatic hydroxyl groups is 1. The van der Waals surface area contributed by atoms with Crippen LogP contribution in [0.25, 0.3) is 6.08 Å². The molecule has 3 rings (SSSR count). The lowest BCUT2D eigenvalue weighted by molar-refractivity contribution is -0.138. The number of ether oxygens (including phenoxy) is 3. The van der Waals surface area contributed by atoms with Gasteiger partial charge in [0.15, 0.2) is 11.5 Å². The molecule has 1 heterocycles. The zero-order chi connectivity index (χ0) is 24.1. The first-order chi connectivity index (χ1) is 15.8. The number of aliphatic hydroxyl groups excluding tert-OH is 1. The van der Waals surface area contributed by atoms with Crippen LogP contribution in [-0.2, 0) is 9.53 Å². The number of carbonyl (C=O) groups is 2. The molecule has 1 aliphatic rings. The van der Waals surface area contributed by atoms with Crippen molar-refractivity contribution in [2.45, 2.75) is 13.8 Å². The molecule has 1 amide bonds. The zero-order valence-electron chi connectivity index (χ0n) is 18.5. The normalized spacial score (nSPS) is 15.8. The fourth-order valence-corrected chi connectivity index (χ4v) is 4.65. The molecule has 172 valence electrons. The van der Waals surface area contributed by atoms with Crippen molar-refractivity contribution >= 4 is 50.7 Å². The summed E-state index contributed by atoms with van der Waals surface area (Å²) < 4.78 is 16.4. The van der Waals surface area contributed by atoms with Gasteiger partial charge in [-0.25, -0.2) is 9.79 Å². The minimum Gasteiger partial charge on any atom is -0.506 e. The molecular weight excluding hydrogens is 510 g/mol. The second kappa shape index (κ2) is 10.7. The van der Waals surface area contributed by atoms with Crippen molar-refractivity contribution in [2.24, 2.45) is 4.99 Å². The Morgan fingerprint density at radius 1 is 1.15 bits per heavy atom. The number of esters is 1. The Hall–Kier alpha value is -3.04. The second-order valence-corrected chi connectivity index (χ2v) is 8.77. The van der Waals surface area contributed by atoms with Crippen LogP contribution in [0.2, 0.25) is 0 Å². The van der Waals surface area contributed by atoms with Gasteiger partial charge in [0.25, 0.3) is 5.91 Å². The fraction of sp³-hybridized carbons (Fsp3) is 0.208. The monoisotopic (exact) mass is 531 g/mol. The summed E-state index contributed by atoms with van der Waals surface area (Å²) >= 11 is 4.45. The maximum atomic E-state index is 12.7. The van der Waals surface area contributed by atoms with Gasteiger partial charge in [0.05, 0.1) is 30.2 Å². The van der Waals surface area contributed by atoms with E-state index >= 15 is 0 Å². The van der Waals surface area contributed by atoms with Crippen LogP contribution in [0.4, 0.5) is 0 Å². The van der Waals surface area contributed by atoms with Gasteiger partial charge in [-0.15, -0.1) is 0 Å². The summed E-state index contributed by atoms with van der Waals surface area (Å²) in [4.78, 5) is 29.7. The third-order valence-electron chi connectivity index (χ3n) is 4.63. The van der Waals surface area contributed by atoms with Crippen molar-refractivity contribution in [2.75, 3.05) is 20.8 Å². The highest BCUT2D eigenvalue weighted by molar-refractivity contribution is 9.10. The lowest BCUT2D eigenvalue weighted by atomic mass is 10.1. The minimum absolute atomic E-state index is 0.0716. The Bertz CT molecular complexity index is 1180. The van der Waals surface area contributed by atoms with E-state index in [4.69, 9.17) is 14.2 Å². The standard InChI is InChI=1S/C24H22BrNO6S/c1-5-32-24(29)19-20(27)18(12-14-10-16(25)21(31-4)17(11-14)30-3)33-23(19)26-22(28)15-8-6-13(2)7-9-15/h6-12,27H,5H2,1-4H3/b18-12-,26-23?. The van der Waals surface area contributed by atoms with Crippen molar-refractivity contribution in [3.05, 3.63) is 73.8 Å². The van der Waals surface area contributed by atoms with Crippen molar-refractivity contribution in [1.82, 2.24) is 0 Å². The molecule has 33 heavy (non-hydrogen) atoms. The van der Waals surface area contributed by atoms with E-state index in [0.717, 1.165) is 17.3 Å². The first-order valence-corrected chi connectivity index (χ1v) is 11.5. The molecule has 0 unspecified atom stereocenters. The molecule has 0 aliphatic carbocycles. The number of benzene rings is 2. The third kappa shape index (κ3) is 5.48. The summed E-state index contributed by atoms with van der Waals surface area (Å²) in [6.07, 6.45) is 1.66. The Morgan fingerprint density at radius 2 is 1.85 bits per heavy atom. The van der Waals surface area contributed by atoms with Gasteiger partial charge in [0, 0.05) is 5.56 Å². The zero-order valence-corrected chi connectivity index (χ0v) is 20.9. The number of rotatable bonds is 6. The molecule has 0 spiro atoms. The van der Waals surface area contributed by atoms with Crippen LogP contribution in [-0.4, -0.2) is 42.9 Å². The number of carbonyl (C=O) groups excluding carboxylic acids is 2. The number of aliphatic imine (C=N–C) groups is 1. The van der Waals surface area contributed by atoms with Gasteiger partial charge in [0.1, 0.15) is 16.4 Å². The minimum atomic E-state index is -0.755. The maximum absolute atomic E-state index is 12.7. The first kappa shape index (κ1) is 24.6. The topological polar surface area (TPSA) is 94.4 Å². The van der Waals surface area contributed by atoms with E-state index in [2.05, 4.69) is 20.9 Å². The van der Waals surface area contributed by atoms with Crippen molar-refractivity contribution in [3.8, 4) is 11.5 Å². The summed E-state index contributed by atoms with van der Waals surface area (Å²) in [6, 6.07) is 10.4. The smallest absolute Gasteiger partial charge is 0.344 e. The van der Waals surface area contributed by atoms with E-state index in [9.17, 15) is 14.7 Å². The molecule has 2 aromatic carbocycles. The number of aryl methyl sites for hydroxylation is 1. The van der Waals surface area contributed by atoms with Gasteiger partial charge in [-0.05, 0) is 65.7 Å². The number of hydrogen-bond acceptors (Lipinski definition) is 7. The molecule has 0 aromatic heterocycles. The number of nitrogens with zero attached hydrogens (tertiary/aromatic N) is 1. The van der Waals surface area contributed by atoms with Gasteiger partial charge < -0.3 is 19.3 Å². The molecule has 0 bridgehead atoms. The predicted molar refractivity (Wildman–Crippen MR) is 132 cm³/mol. The van der Waals surface area contributed by atoms with Crippen LogP contribution < -0.4 is 9.47 Å². The molecule has 0 saturated heterocycles. The van der Waals surface area contributed by atoms with Crippen molar-refractivity contribution in [1.29, 1.82) is 0 Å². The number of halogens is 1. The van der Waals surface area contributed by atoms with Crippen LogP contribution in [0.5, 0.6) is 11.5 Å². The molecule has 1 aliphatic heterocycles. The van der Waals surface area contributed by atoms with Gasteiger partial charge in [-0.1, -0.05) is 29.5 Å². The van der Waals surface area contributed by atoms with Crippen LogP contribution in [0.1, 0.15) is 28.4 Å². The number of thioether (sulfide) groups is 1. The molecule has 0 atom stereocenters. The maximum Gasteiger partial charge on any atom is 0.344 e. The van der Waals surface area contributed by atoms with Crippen LogP contribution in [0, 0.1) is 6.92 Å². The Morgan fingerprint density at radius 3 is 2.45 bits per heavy atom. The van der Waals surface area contributed by atoms with E-state index in [1.54, 1.807) is 49.4 Å². The van der Waals surface area contributed by atoms with Gasteiger partial charge in [0.2, 0.25) is 0 Å². The quantitative estimate of drug-likeness (QED) is 0.493. The van der Waals surface area contributed by atoms with Crippen LogP contribution >= 0.6 is 27.7 Å². The van der Waals surface area contributed by atoms with E-state index in [1.165, 1.54) is 14.2 Å². The highest BCUT2D eigenvalue weighted by Crippen LogP contribution is 2.41. The summed E-state index contributed by atoms with van der Waals surface area (Å²) in [7, 11) is 3.05. The van der Waals surface area contributed by atoms with Crippen molar-refractivity contribution in [3.63, 3.8) is 0 Å². The molecular formula is C24H22BrNO6S. The van der Waals surface area contributed by atoms with Crippen molar-refractivity contribution < 1.29 is 28.9 Å². The van der Waals surface area contributed by atoms with E-state index < -0.39 is 11.9 Å². The number of amides is 1. The van der Waals surface area contributed by atoms with Crippen LogP contribution in [0.3, 0.4) is 0 Å². The summed E-state index contributed by atoms with van der Waals surface area (Å²) in [6.45, 7) is 3.68. The summed E-state index contributed by atoms with van der Waals surface area (Å²) in [5, 5.41) is 10.9. The number of hydrogen-bond donors (Lipinski definition) is 1. The lowest BCUT2D eigenvalue weighted by Crippen LogP contribution is -2.14. The SMILES string of the molecule is CCOC(=O)C1=C(O)/C(=C/c2cc(Br)c(OC)c(OC)c2)SC1=NC(=O)c1ccc(C)cc1. The van der Waals surface area contributed by atoms with E-state index in [0.29, 0.717) is 32.0 Å². The second-order valence-electron chi connectivity index (χ2n) is 6.88. The third-order valence-corrected chi connectivity index (χ3v) is 6.23. The largest absolute Gasteiger partial charge is 0.506 e. The molecule has 7 nitrogen and oxygen atoms in total. The van der Waals surface area contributed by atoms with Gasteiger partial charge in [-0.3, -0.25) is 4.79 Å². The predicted octanol–water partition coefficient (Wildman–Crippen LogP) is 5.48. The molecule has 2 aromatic rings. The van der Waals surface area contributed by atoms with E-state index in [-0.39, 0.29) is 23.0 Å². The van der Waals surface area contributed by atoms with Gasteiger partial charge in [-0.2, -0.15) is 0 Å². The number of methoxy groups -OCH3 is 2. The Labute approximate surface area is 204 Å². The highest BCUT2D eigenvalue weighted by atomic mass is 79.9. The molecule has 9 heteroatoms. The first-order valence-electron chi connectivity index (χ1n) is 9.90. The average Bonchev–Trinajstić information content (AvgIpc) is 3.08. The Balaban J connectivity index is 2.04. The van der Waals surface area contributed by atoms with Gasteiger partial charge >= 0.3 is 5.97 Å². The molecule has 0 saturated carbocycles. The average molecular weight is 532 g/mol. The highest BCUT2D eigenvalue weighted by Gasteiger charge is 2.34. The summed E-state index contributed by atoms with van der Waals surface area (Å²) in [5.41, 5.74) is 1.90. The van der Waals surface area contributed by atoms with E-state index in [1.807, 2.05) is 6.92 Å². The lowest BCUT2D eigenvalue weighted by Gasteiger charge is -2.10. The van der Waals surface area contributed by atoms with Crippen LogP contribution in [0.15, 0.2) is 62.1 Å². The molecule has 0 fully saturated rings. The fourth-order valence-electron chi connectivity index (χ4n) is 3.02. The summed E-state index contributed by atoms with van der Waals surface area (Å²) in [5.74, 6) is -0.576. The molecule has 0 radical (unpaired) electrons. The molecule has 1 N–H and O–H groups in total. The Kier molecular flexibility index (Phi) is 7.99.